The summed E-state index contributed by atoms with van der Waals surface area (Å²) >= 11 is 0. The highest BCUT2D eigenvalue weighted by Gasteiger charge is 2.18. The minimum absolute atomic E-state index is 0.00761. The zero-order valence-electron chi connectivity index (χ0n) is 11.0. The number of aryl methyl sites for hydroxylation is 1. The van der Waals surface area contributed by atoms with Crippen LogP contribution in [0.4, 0.5) is 5.69 Å². The second-order valence-corrected chi connectivity index (χ2v) is 4.94. The number of benzene rings is 1. The second-order valence-electron chi connectivity index (χ2n) is 4.94. The predicted octanol–water partition coefficient (Wildman–Crippen LogP) is 2.15. The van der Waals surface area contributed by atoms with E-state index in [0.29, 0.717) is 5.56 Å². The summed E-state index contributed by atoms with van der Waals surface area (Å²) < 4.78 is 1.95. The molecule has 1 aromatic carbocycles. The van der Waals surface area contributed by atoms with E-state index in [1.165, 1.54) is 12.1 Å². The third-order valence-electron chi connectivity index (χ3n) is 3.73. The topological polar surface area (TPSA) is 81.2 Å². The lowest BCUT2D eigenvalue weighted by atomic mass is 10.0. The van der Waals surface area contributed by atoms with Gasteiger partial charge in [-0.2, -0.15) is 0 Å². The van der Waals surface area contributed by atoms with Crippen LogP contribution in [0.3, 0.4) is 0 Å². The Morgan fingerprint density at radius 2 is 2.15 bits per heavy atom. The summed E-state index contributed by atoms with van der Waals surface area (Å²) in [5, 5.41) is 20.3. The highest BCUT2D eigenvalue weighted by Crippen LogP contribution is 2.27. The van der Waals surface area contributed by atoms with E-state index in [9.17, 15) is 15.2 Å². The molecule has 6 nitrogen and oxygen atoms in total. The molecule has 0 unspecified atom stereocenters. The van der Waals surface area contributed by atoms with Gasteiger partial charge in [0.2, 0.25) is 0 Å². The molecular weight excluding hydrogens is 258 g/mol. The quantitative estimate of drug-likeness (QED) is 0.686. The van der Waals surface area contributed by atoms with Crippen LogP contribution in [-0.2, 0) is 19.4 Å². The van der Waals surface area contributed by atoms with Crippen LogP contribution in [0.15, 0.2) is 24.5 Å². The van der Waals surface area contributed by atoms with Gasteiger partial charge in [0.25, 0.3) is 5.69 Å². The lowest BCUT2D eigenvalue weighted by Crippen LogP contribution is -2.08. The molecule has 1 aliphatic carbocycles. The summed E-state index contributed by atoms with van der Waals surface area (Å²) in [5.41, 5.74) is 3.56. The molecule has 1 aliphatic rings. The Labute approximate surface area is 115 Å². The molecular formula is C14H15N3O3. The molecule has 6 heteroatoms. The van der Waals surface area contributed by atoms with Gasteiger partial charge in [0.15, 0.2) is 0 Å². The van der Waals surface area contributed by atoms with E-state index in [0.717, 1.165) is 42.8 Å². The minimum Gasteiger partial charge on any atom is -0.392 e. The number of imidazole rings is 1. The van der Waals surface area contributed by atoms with Gasteiger partial charge in [-0.1, -0.05) is 0 Å². The van der Waals surface area contributed by atoms with Crippen molar-refractivity contribution in [1.82, 2.24) is 9.55 Å². The number of hydrogen-bond acceptors (Lipinski definition) is 4. The molecule has 0 radical (unpaired) electrons. The molecule has 0 atom stereocenters. The summed E-state index contributed by atoms with van der Waals surface area (Å²) in [4.78, 5) is 14.8. The van der Waals surface area contributed by atoms with Gasteiger partial charge in [0.1, 0.15) is 0 Å². The van der Waals surface area contributed by atoms with Crippen LogP contribution in [0.1, 0.15) is 29.8 Å². The van der Waals surface area contributed by atoms with Crippen molar-refractivity contribution >= 4 is 5.69 Å². The number of nitrogens with zero attached hydrogens (tertiary/aromatic N) is 3. The van der Waals surface area contributed by atoms with E-state index in [4.69, 9.17) is 0 Å². The predicted molar refractivity (Wildman–Crippen MR) is 72.8 cm³/mol. The van der Waals surface area contributed by atoms with Crippen molar-refractivity contribution in [2.75, 3.05) is 0 Å². The third-order valence-corrected chi connectivity index (χ3v) is 3.73. The Kier molecular flexibility index (Phi) is 3.23. The molecule has 20 heavy (non-hydrogen) atoms. The molecule has 0 amide bonds. The van der Waals surface area contributed by atoms with Gasteiger partial charge >= 0.3 is 0 Å². The Balaban J connectivity index is 2.10. The van der Waals surface area contributed by atoms with Crippen LogP contribution in [0.2, 0.25) is 0 Å². The molecule has 2 aromatic rings. The first-order valence-corrected chi connectivity index (χ1v) is 6.64. The lowest BCUT2D eigenvalue weighted by molar-refractivity contribution is -0.384. The van der Waals surface area contributed by atoms with E-state index in [1.807, 2.05) is 4.57 Å². The van der Waals surface area contributed by atoms with Crippen LogP contribution in [0, 0.1) is 10.1 Å². The van der Waals surface area contributed by atoms with Crippen LogP contribution in [-0.4, -0.2) is 19.6 Å². The van der Waals surface area contributed by atoms with E-state index >= 15 is 0 Å². The first-order valence-electron chi connectivity index (χ1n) is 6.64. The fraction of sp³-hybridized carbons (Fsp3) is 0.357. The lowest BCUT2D eigenvalue weighted by Gasteiger charge is -2.15. The average Bonchev–Trinajstić information content (AvgIpc) is 2.90. The van der Waals surface area contributed by atoms with E-state index in [1.54, 1.807) is 12.4 Å². The number of aromatic nitrogens is 2. The highest BCUT2D eigenvalue weighted by molar-refractivity contribution is 5.49. The number of hydrogen-bond donors (Lipinski definition) is 1. The average molecular weight is 273 g/mol. The Hall–Kier alpha value is -2.21. The third kappa shape index (κ3) is 2.08. The summed E-state index contributed by atoms with van der Waals surface area (Å²) in [6.07, 6.45) is 5.95. The normalized spacial score (nSPS) is 14.1. The molecule has 0 saturated carbocycles. The van der Waals surface area contributed by atoms with Gasteiger partial charge in [-0.15, -0.1) is 0 Å². The number of aliphatic hydroxyl groups is 1. The molecule has 104 valence electrons. The number of rotatable bonds is 3. The van der Waals surface area contributed by atoms with Crippen molar-refractivity contribution in [3.8, 4) is 5.69 Å². The van der Waals surface area contributed by atoms with E-state index in [2.05, 4.69) is 4.98 Å². The molecule has 0 aliphatic heterocycles. The van der Waals surface area contributed by atoms with E-state index in [-0.39, 0.29) is 12.3 Å². The molecule has 1 N–H and O–H groups in total. The molecule has 0 saturated heterocycles. The summed E-state index contributed by atoms with van der Waals surface area (Å²) in [6.45, 7) is -0.232. The minimum atomic E-state index is -0.452. The van der Waals surface area contributed by atoms with Crippen LogP contribution in [0.25, 0.3) is 5.69 Å². The standard InChI is InChI=1S/C14H15N3O3/c18-8-10-7-11(17(19)20)5-6-13(10)16-9-15-12-3-1-2-4-14(12)16/h5-7,9,18H,1-4,8H2. The zero-order chi connectivity index (χ0) is 14.1. The molecule has 1 heterocycles. The fourth-order valence-corrected chi connectivity index (χ4v) is 2.72. The van der Waals surface area contributed by atoms with Crippen molar-refractivity contribution in [1.29, 1.82) is 0 Å². The molecule has 0 fully saturated rings. The zero-order valence-corrected chi connectivity index (χ0v) is 11.0. The highest BCUT2D eigenvalue weighted by atomic mass is 16.6. The monoisotopic (exact) mass is 273 g/mol. The maximum atomic E-state index is 10.8. The number of non-ortho nitro benzene ring substituents is 1. The number of nitro benzene ring substituents is 1. The van der Waals surface area contributed by atoms with Gasteiger partial charge in [0, 0.05) is 23.4 Å². The summed E-state index contributed by atoms with van der Waals surface area (Å²) in [7, 11) is 0. The largest absolute Gasteiger partial charge is 0.392 e. The van der Waals surface area contributed by atoms with Gasteiger partial charge in [-0.25, -0.2) is 4.98 Å². The molecule has 1 aromatic heterocycles. The van der Waals surface area contributed by atoms with Crippen molar-refractivity contribution < 1.29 is 10.0 Å². The first kappa shape index (κ1) is 12.8. The smallest absolute Gasteiger partial charge is 0.269 e. The number of fused-ring (bicyclic) bond motifs is 1. The second kappa shape index (κ2) is 5.05. The SMILES string of the molecule is O=[N+]([O-])c1ccc(-n2cnc3c2CCCC3)c(CO)c1. The Morgan fingerprint density at radius 3 is 2.90 bits per heavy atom. The first-order chi connectivity index (χ1) is 9.70. The van der Waals surface area contributed by atoms with Crippen LogP contribution in [0.5, 0.6) is 0 Å². The van der Waals surface area contributed by atoms with Crippen molar-refractivity contribution in [2.24, 2.45) is 0 Å². The summed E-state index contributed by atoms with van der Waals surface area (Å²) in [5.74, 6) is 0. The van der Waals surface area contributed by atoms with Gasteiger partial charge < -0.3 is 9.67 Å². The Bertz CT molecular complexity index is 664. The van der Waals surface area contributed by atoms with Crippen LogP contribution >= 0.6 is 0 Å². The number of nitro groups is 1. The van der Waals surface area contributed by atoms with Gasteiger partial charge in [-0.3, -0.25) is 10.1 Å². The maximum Gasteiger partial charge on any atom is 0.269 e. The molecule has 3 rings (SSSR count). The maximum absolute atomic E-state index is 10.8. The van der Waals surface area contributed by atoms with Gasteiger partial charge in [-0.05, 0) is 31.7 Å². The van der Waals surface area contributed by atoms with Crippen molar-refractivity contribution in [3.05, 3.63) is 51.6 Å². The Morgan fingerprint density at radius 1 is 1.35 bits per heavy atom. The molecule has 0 spiro atoms. The summed E-state index contributed by atoms with van der Waals surface area (Å²) in [6, 6.07) is 4.56. The number of aliphatic hydroxyl groups excluding tert-OH is 1. The fourth-order valence-electron chi connectivity index (χ4n) is 2.72. The van der Waals surface area contributed by atoms with E-state index < -0.39 is 4.92 Å². The van der Waals surface area contributed by atoms with Gasteiger partial charge in [0.05, 0.1) is 29.2 Å². The molecule has 0 bridgehead atoms. The van der Waals surface area contributed by atoms with Crippen LogP contribution < -0.4 is 0 Å². The van der Waals surface area contributed by atoms with Crippen molar-refractivity contribution in [2.45, 2.75) is 32.3 Å². The van der Waals surface area contributed by atoms with Crippen molar-refractivity contribution in [3.63, 3.8) is 0 Å².